The van der Waals surface area contributed by atoms with Crippen molar-refractivity contribution in [2.45, 2.75) is 31.9 Å². The van der Waals surface area contributed by atoms with E-state index in [-0.39, 0.29) is 24.7 Å². The van der Waals surface area contributed by atoms with Gasteiger partial charge in [0, 0.05) is 19.2 Å². The van der Waals surface area contributed by atoms with Crippen molar-refractivity contribution in [1.82, 2.24) is 10.3 Å². The number of ether oxygens (including phenoxy) is 1. The molecule has 106 valence electrons. The van der Waals surface area contributed by atoms with Crippen LogP contribution in [0.1, 0.15) is 35.8 Å². The van der Waals surface area contributed by atoms with Crippen LogP contribution in [-0.4, -0.2) is 41.4 Å². The van der Waals surface area contributed by atoms with E-state index >= 15 is 0 Å². The smallest absolute Gasteiger partial charge is 0.271 e. The molecule has 0 radical (unpaired) electrons. The van der Waals surface area contributed by atoms with E-state index in [9.17, 15) is 4.79 Å². The van der Waals surface area contributed by atoms with E-state index < -0.39 is 0 Å². The summed E-state index contributed by atoms with van der Waals surface area (Å²) in [6.45, 7) is 2.61. The van der Waals surface area contributed by atoms with Crippen LogP contribution in [0.2, 0.25) is 0 Å². The molecule has 1 saturated heterocycles. The number of carbonyl (C=O) groups is 1. The average molecular weight is 274 g/mol. The Hall–Kier alpha value is -1.90. The van der Waals surface area contributed by atoms with Crippen molar-refractivity contribution in [2.75, 3.05) is 13.2 Å². The first-order chi connectivity index (χ1) is 9.72. The molecule has 1 aromatic rings. The van der Waals surface area contributed by atoms with Crippen molar-refractivity contribution in [2.24, 2.45) is 0 Å². The second kappa shape index (κ2) is 7.04. The molecule has 5 nitrogen and oxygen atoms in total. The second-order valence-corrected chi connectivity index (χ2v) is 4.62. The molecule has 0 saturated carbocycles. The minimum absolute atomic E-state index is 0.00567. The first-order valence-corrected chi connectivity index (χ1v) is 6.69. The normalized spacial score (nSPS) is 21.1. The monoisotopic (exact) mass is 274 g/mol. The highest BCUT2D eigenvalue weighted by Gasteiger charge is 2.26. The zero-order valence-corrected chi connectivity index (χ0v) is 11.4. The molecule has 1 amide bonds. The Bertz CT molecular complexity index is 533. The molecule has 0 aliphatic carbocycles. The SMILES string of the molecule is CC1OCCC1NC(=O)c1ncccc1C#CCCO. The summed E-state index contributed by atoms with van der Waals surface area (Å²) in [5, 5.41) is 11.7. The quantitative estimate of drug-likeness (QED) is 0.797. The van der Waals surface area contributed by atoms with E-state index in [1.165, 1.54) is 0 Å². The third-order valence-corrected chi connectivity index (χ3v) is 3.18. The maximum absolute atomic E-state index is 12.3. The second-order valence-electron chi connectivity index (χ2n) is 4.62. The molecule has 2 rings (SSSR count). The van der Waals surface area contributed by atoms with Gasteiger partial charge in [0.2, 0.25) is 0 Å². The third kappa shape index (κ3) is 3.56. The molecule has 1 aliphatic heterocycles. The highest BCUT2D eigenvalue weighted by Crippen LogP contribution is 2.13. The molecule has 5 heteroatoms. The molecule has 1 aromatic heterocycles. The van der Waals surface area contributed by atoms with Gasteiger partial charge < -0.3 is 15.2 Å². The number of amides is 1. The number of nitrogens with one attached hydrogen (secondary N) is 1. The van der Waals surface area contributed by atoms with Gasteiger partial charge >= 0.3 is 0 Å². The Morgan fingerprint density at radius 2 is 2.50 bits per heavy atom. The predicted octanol–water partition coefficient (Wildman–Crippen LogP) is 0.723. The van der Waals surface area contributed by atoms with E-state index in [2.05, 4.69) is 22.1 Å². The molecule has 2 heterocycles. The lowest BCUT2D eigenvalue weighted by molar-refractivity contribution is 0.0861. The van der Waals surface area contributed by atoms with Crippen LogP contribution in [0.4, 0.5) is 0 Å². The number of pyridine rings is 1. The fourth-order valence-corrected chi connectivity index (χ4v) is 2.06. The molecule has 1 aliphatic rings. The van der Waals surface area contributed by atoms with Gasteiger partial charge in [-0.15, -0.1) is 0 Å². The van der Waals surface area contributed by atoms with Crippen LogP contribution in [-0.2, 0) is 4.74 Å². The van der Waals surface area contributed by atoms with E-state index in [0.29, 0.717) is 24.3 Å². The molecule has 0 aromatic carbocycles. The van der Waals surface area contributed by atoms with Crippen LogP contribution in [0, 0.1) is 11.8 Å². The number of carbonyl (C=O) groups excluding carboxylic acids is 1. The highest BCUT2D eigenvalue weighted by molar-refractivity contribution is 5.95. The number of rotatable bonds is 3. The van der Waals surface area contributed by atoms with E-state index in [4.69, 9.17) is 9.84 Å². The van der Waals surface area contributed by atoms with Crippen molar-refractivity contribution in [3.63, 3.8) is 0 Å². The Labute approximate surface area is 118 Å². The molecule has 2 unspecified atom stereocenters. The summed E-state index contributed by atoms with van der Waals surface area (Å²) in [6, 6.07) is 3.50. The highest BCUT2D eigenvalue weighted by atomic mass is 16.5. The lowest BCUT2D eigenvalue weighted by Crippen LogP contribution is -2.39. The minimum Gasteiger partial charge on any atom is -0.395 e. The van der Waals surface area contributed by atoms with E-state index in [0.717, 1.165) is 6.42 Å². The number of aromatic nitrogens is 1. The topological polar surface area (TPSA) is 71.5 Å². The summed E-state index contributed by atoms with van der Waals surface area (Å²) in [5.74, 6) is 5.44. The maximum atomic E-state index is 12.3. The molecule has 0 spiro atoms. The van der Waals surface area contributed by atoms with Gasteiger partial charge in [0.25, 0.3) is 5.91 Å². The van der Waals surface area contributed by atoms with Crippen LogP contribution >= 0.6 is 0 Å². The van der Waals surface area contributed by atoms with Crippen molar-refractivity contribution >= 4 is 5.91 Å². The number of aliphatic hydroxyl groups is 1. The van der Waals surface area contributed by atoms with Gasteiger partial charge in [-0.25, -0.2) is 4.98 Å². The lowest BCUT2D eigenvalue weighted by atomic mass is 10.1. The molecule has 1 fully saturated rings. The third-order valence-electron chi connectivity index (χ3n) is 3.18. The van der Waals surface area contributed by atoms with Gasteiger partial charge in [-0.1, -0.05) is 11.8 Å². The Morgan fingerprint density at radius 3 is 3.20 bits per heavy atom. The van der Waals surface area contributed by atoms with Gasteiger partial charge in [-0.3, -0.25) is 4.79 Å². The van der Waals surface area contributed by atoms with Crippen LogP contribution < -0.4 is 5.32 Å². The standard InChI is InChI=1S/C15H18N2O3/c1-11-13(7-10-20-11)17-15(19)14-12(5-2-3-9-18)6-4-8-16-14/h4,6,8,11,13,18H,3,7,9-10H2,1H3,(H,17,19). The molecule has 2 N–H and O–H groups in total. The van der Waals surface area contributed by atoms with Gasteiger partial charge in [-0.2, -0.15) is 0 Å². The zero-order chi connectivity index (χ0) is 14.4. The van der Waals surface area contributed by atoms with Gasteiger partial charge in [0.05, 0.1) is 24.3 Å². The van der Waals surface area contributed by atoms with Gasteiger partial charge in [0.1, 0.15) is 5.69 Å². The molecule has 2 atom stereocenters. The summed E-state index contributed by atoms with van der Waals surface area (Å²) in [6.07, 6.45) is 2.78. The number of hydrogen-bond donors (Lipinski definition) is 2. The summed E-state index contributed by atoms with van der Waals surface area (Å²) < 4.78 is 5.42. The fourth-order valence-electron chi connectivity index (χ4n) is 2.06. The Morgan fingerprint density at radius 1 is 1.65 bits per heavy atom. The van der Waals surface area contributed by atoms with Gasteiger partial charge in [0.15, 0.2) is 0 Å². The zero-order valence-electron chi connectivity index (χ0n) is 11.4. The molecular weight excluding hydrogens is 256 g/mol. The molecule has 20 heavy (non-hydrogen) atoms. The number of nitrogens with zero attached hydrogens (tertiary/aromatic N) is 1. The van der Waals surface area contributed by atoms with Crippen LogP contribution in [0.25, 0.3) is 0 Å². The van der Waals surface area contributed by atoms with Crippen LogP contribution in [0.15, 0.2) is 18.3 Å². The predicted molar refractivity (Wildman–Crippen MR) is 74.1 cm³/mol. The van der Waals surface area contributed by atoms with E-state index in [1.54, 1.807) is 18.3 Å². The minimum atomic E-state index is -0.235. The summed E-state index contributed by atoms with van der Waals surface area (Å²) in [5.41, 5.74) is 0.891. The van der Waals surface area contributed by atoms with Crippen LogP contribution in [0.3, 0.4) is 0 Å². The lowest BCUT2D eigenvalue weighted by Gasteiger charge is -2.16. The van der Waals surface area contributed by atoms with Crippen molar-refractivity contribution in [3.05, 3.63) is 29.6 Å². The van der Waals surface area contributed by atoms with Crippen molar-refractivity contribution in [3.8, 4) is 11.8 Å². The molecule has 0 bridgehead atoms. The summed E-state index contributed by atoms with van der Waals surface area (Å²) in [7, 11) is 0. The number of aliphatic hydroxyl groups excluding tert-OH is 1. The van der Waals surface area contributed by atoms with Gasteiger partial charge in [-0.05, 0) is 25.5 Å². The largest absolute Gasteiger partial charge is 0.395 e. The first kappa shape index (κ1) is 14.5. The Balaban J connectivity index is 2.11. The maximum Gasteiger partial charge on any atom is 0.271 e. The summed E-state index contributed by atoms with van der Waals surface area (Å²) in [4.78, 5) is 16.4. The van der Waals surface area contributed by atoms with E-state index in [1.807, 2.05) is 6.92 Å². The first-order valence-electron chi connectivity index (χ1n) is 6.69. The Kier molecular flexibility index (Phi) is 5.10. The average Bonchev–Trinajstić information content (AvgIpc) is 2.85. The van der Waals surface area contributed by atoms with Crippen molar-refractivity contribution < 1.29 is 14.6 Å². The molecular formula is C15H18N2O3. The van der Waals surface area contributed by atoms with Crippen molar-refractivity contribution in [1.29, 1.82) is 0 Å². The number of hydrogen-bond acceptors (Lipinski definition) is 4. The summed E-state index contributed by atoms with van der Waals surface area (Å²) >= 11 is 0. The fraction of sp³-hybridized carbons (Fsp3) is 0.467. The van der Waals surface area contributed by atoms with Crippen LogP contribution in [0.5, 0.6) is 0 Å².